The van der Waals surface area contributed by atoms with Crippen LogP contribution in [-0.2, 0) is 0 Å². The second-order valence-corrected chi connectivity index (χ2v) is 5.74. The lowest BCUT2D eigenvalue weighted by atomic mass is 10.0. The van der Waals surface area contributed by atoms with Gasteiger partial charge in [-0.3, -0.25) is 0 Å². The van der Waals surface area contributed by atoms with Crippen molar-refractivity contribution in [3.8, 4) is 5.75 Å². The summed E-state index contributed by atoms with van der Waals surface area (Å²) in [7, 11) is 1.74. The van der Waals surface area contributed by atoms with Crippen LogP contribution in [0.25, 0.3) is 0 Å². The van der Waals surface area contributed by atoms with Gasteiger partial charge in [0.15, 0.2) is 0 Å². The second-order valence-electron chi connectivity index (χ2n) is 4.52. The van der Waals surface area contributed by atoms with Crippen molar-refractivity contribution in [1.82, 2.24) is 5.32 Å². The summed E-state index contributed by atoms with van der Waals surface area (Å²) in [5.41, 5.74) is 1.26. The molecule has 1 N–H and O–H groups in total. The first-order valence-corrected chi connectivity index (χ1v) is 7.43. The van der Waals surface area contributed by atoms with Gasteiger partial charge in [-0.25, -0.2) is 0 Å². The van der Waals surface area contributed by atoms with E-state index in [1.165, 1.54) is 29.9 Å². The zero-order chi connectivity index (χ0) is 12.1. The lowest BCUT2D eigenvalue weighted by Gasteiger charge is -2.27. The van der Waals surface area contributed by atoms with Crippen molar-refractivity contribution in [1.29, 1.82) is 0 Å². The van der Waals surface area contributed by atoms with Crippen molar-refractivity contribution in [3.63, 3.8) is 0 Å². The Morgan fingerprint density at radius 2 is 2.00 bits per heavy atom. The fourth-order valence-corrected chi connectivity index (χ4v) is 3.44. The normalized spacial score (nSPS) is 18.9. The van der Waals surface area contributed by atoms with Gasteiger partial charge in [-0.1, -0.05) is 18.2 Å². The van der Waals surface area contributed by atoms with Gasteiger partial charge in [0.2, 0.25) is 0 Å². The molecule has 1 fully saturated rings. The molecule has 2 rings (SSSR count). The van der Waals surface area contributed by atoms with Gasteiger partial charge in [-0.15, -0.1) is 0 Å². The van der Waals surface area contributed by atoms with E-state index in [9.17, 15) is 0 Å². The number of hydrogen-bond acceptors (Lipinski definition) is 3. The first-order valence-electron chi connectivity index (χ1n) is 6.28. The Labute approximate surface area is 108 Å². The molecule has 0 amide bonds. The number of methoxy groups -OCH3 is 1. The fraction of sp³-hybridized carbons (Fsp3) is 0.571. The topological polar surface area (TPSA) is 21.3 Å². The standard InChI is InChI=1S/C14H21NOS/c1-11(15-12-7-9-17-10-8-12)13-5-3-4-6-14(13)16-2/h3-6,11-12,15H,7-10H2,1-2H3. The zero-order valence-corrected chi connectivity index (χ0v) is 11.4. The molecule has 1 aromatic carbocycles. The lowest BCUT2D eigenvalue weighted by molar-refractivity contribution is 0.387. The number of benzene rings is 1. The van der Waals surface area contributed by atoms with Gasteiger partial charge in [0.25, 0.3) is 0 Å². The molecule has 17 heavy (non-hydrogen) atoms. The molecule has 0 aliphatic carbocycles. The molecule has 1 atom stereocenters. The summed E-state index contributed by atoms with van der Waals surface area (Å²) in [6.07, 6.45) is 2.56. The van der Waals surface area contributed by atoms with Gasteiger partial charge in [0.1, 0.15) is 5.75 Å². The molecule has 1 heterocycles. The molecule has 1 saturated heterocycles. The van der Waals surface area contributed by atoms with Crippen LogP contribution in [0.1, 0.15) is 31.4 Å². The quantitative estimate of drug-likeness (QED) is 0.887. The van der Waals surface area contributed by atoms with Crippen LogP contribution in [0.2, 0.25) is 0 Å². The van der Waals surface area contributed by atoms with E-state index >= 15 is 0 Å². The van der Waals surface area contributed by atoms with Gasteiger partial charge in [-0.05, 0) is 37.3 Å². The van der Waals surface area contributed by atoms with Crippen molar-refractivity contribution in [3.05, 3.63) is 29.8 Å². The third kappa shape index (κ3) is 3.39. The summed E-state index contributed by atoms with van der Waals surface area (Å²) in [4.78, 5) is 0. The van der Waals surface area contributed by atoms with Crippen molar-refractivity contribution >= 4 is 11.8 Å². The number of ether oxygens (including phenoxy) is 1. The summed E-state index contributed by atoms with van der Waals surface area (Å²) in [6, 6.07) is 9.30. The highest BCUT2D eigenvalue weighted by Gasteiger charge is 2.18. The molecule has 0 radical (unpaired) electrons. The van der Waals surface area contributed by atoms with E-state index in [4.69, 9.17) is 4.74 Å². The van der Waals surface area contributed by atoms with Crippen LogP contribution < -0.4 is 10.1 Å². The number of rotatable bonds is 4. The molecule has 0 saturated carbocycles. The molecule has 1 aromatic rings. The van der Waals surface area contributed by atoms with Crippen molar-refractivity contribution in [2.45, 2.75) is 31.8 Å². The Hall–Kier alpha value is -0.670. The van der Waals surface area contributed by atoms with Gasteiger partial charge in [-0.2, -0.15) is 11.8 Å². The predicted molar refractivity (Wildman–Crippen MR) is 74.9 cm³/mol. The first-order chi connectivity index (χ1) is 8.31. The Kier molecular flexibility index (Phi) is 4.75. The maximum atomic E-state index is 5.41. The van der Waals surface area contributed by atoms with Crippen LogP contribution in [0.5, 0.6) is 5.75 Å². The van der Waals surface area contributed by atoms with Crippen molar-refractivity contribution in [2.75, 3.05) is 18.6 Å². The molecule has 1 aliphatic rings. The Bertz CT molecular complexity index is 350. The van der Waals surface area contributed by atoms with Crippen LogP contribution in [0, 0.1) is 0 Å². The van der Waals surface area contributed by atoms with Crippen LogP contribution in [0.15, 0.2) is 24.3 Å². The molecular formula is C14H21NOS. The molecule has 0 bridgehead atoms. The smallest absolute Gasteiger partial charge is 0.123 e. The number of hydrogen-bond donors (Lipinski definition) is 1. The number of thioether (sulfide) groups is 1. The van der Waals surface area contributed by atoms with Crippen LogP contribution in [0.3, 0.4) is 0 Å². The van der Waals surface area contributed by atoms with Crippen molar-refractivity contribution < 1.29 is 4.74 Å². The predicted octanol–water partition coefficient (Wildman–Crippen LogP) is 3.24. The highest BCUT2D eigenvalue weighted by atomic mass is 32.2. The van der Waals surface area contributed by atoms with E-state index in [1.807, 2.05) is 12.1 Å². The van der Waals surface area contributed by atoms with E-state index in [1.54, 1.807) is 7.11 Å². The van der Waals surface area contributed by atoms with Crippen LogP contribution >= 0.6 is 11.8 Å². The molecular weight excluding hydrogens is 230 g/mol. The maximum Gasteiger partial charge on any atom is 0.123 e. The van der Waals surface area contributed by atoms with Gasteiger partial charge >= 0.3 is 0 Å². The van der Waals surface area contributed by atoms with Crippen molar-refractivity contribution in [2.24, 2.45) is 0 Å². The number of nitrogens with one attached hydrogen (secondary N) is 1. The average Bonchev–Trinajstić information content (AvgIpc) is 2.40. The minimum Gasteiger partial charge on any atom is -0.496 e. The molecule has 2 nitrogen and oxygen atoms in total. The first kappa shape index (κ1) is 12.8. The number of para-hydroxylation sites is 1. The average molecular weight is 251 g/mol. The van der Waals surface area contributed by atoms with Gasteiger partial charge < -0.3 is 10.1 Å². The van der Waals surface area contributed by atoms with Gasteiger partial charge in [0.05, 0.1) is 7.11 Å². The second kappa shape index (κ2) is 6.31. The van der Waals surface area contributed by atoms with Crippen LogP contribution in [0.4, 0.5) is 0 Å². The molecule has 1 unspecified atom stereocenters. The summed E-state index contributed by atoms with van der Waals surface area (Å²) in [5, 5.41) is 3.72. The fourth-order valence-electron chi connectivity index (χ4n) is 2.33. The van der Waals surface area contributed by atoms with E-state index in [0.717, 1.165) is 5.75 Å². The zero-order valence-electron chi connectivity index (χ0n) is 10.6. The Morgan fingerprint density at radius 1 is 1.29 bits per heavy atom. The highest BCUT2D eigenvalue weighted by molar-refractivity contribution is 7.99. The van der Waals surface area contributed by atoms with E-state index < -0.39 is 0 Å². The largest absolute Gasteiger partial charge is 0.496 e. The Morgan fingerprint density at radius 3 is 2.71 bits per heavy atom. The maximum absolute atomic E-state index is 5.41. The van der Waals surface area contributed by atoms with Gasteiger partial charge in [0, 0.05) is 17.6 Å². The molecule has 0 spiro atoms. The molecule has 94 valence electrons. The lowest BCUT2D eigenvalue weighted by Crippen LogP contribution is -2.34. The van der Waals surface area contributed by atoms with Crippen LogP contribution in [-0.4, -0.2) is 24.7 Å². The summed E-state index contributed by atoms with van der Waals surface area (Å²) in [5.74, 6) is 3.56. The molecule has 1 aliphatic heterocycles. The highest BCUT2D eigenvalue weighted by Crippen LogP contribution is 2.26. The monoisotopic (exact) mass is 251 g/mol. The summed E-state index contributed by atoms with van der Waals surface area (Å²) < 4.78 is 5.41. The molecule has 3 heteroatoms. The SMILES string of the molecule is COc1ccccc1C(C)NC1CCSCC1. The summed E-state index contributed by atoms with van der Waals surface area (Å²) in [6.45, 7) is 2.22. The molecule has 0 aromatic heterocycles. The Balaban J connectivity index is 2.00. The minimum atomic E-state index is 0.360. The minimum absolute atomic E-state index is 0.360. The summed E-state index contributed by atoms with van der Waals surface area (Å²) >= 11 is 2.06. The third-order valence-electron chi connectivity index (χ3n) is 3.31. The van der Waals surface area contributed by atoms with E-state index in [0.29, 0.717) is 12.1 Å². The third-order valence-corrected chi connectivity index (χ3v) is 4.36. The van der Waals surface area contributed by atoms with E-state index in [-0.39, 0.29) is 0 Å². The van der Waals surface area contributed by atoms with E-state index in [2.05, 4.69) is 36.1 Å².